The molecule has 0 saturated carbocycles. The quantitative estimate of drug-likeness (QED) is 0.478. The van der Waals surface area contributed by atoms with Crippen molar-refractivity contribution in [3.63, 3.8) is 0 Å². The third kappa shape index (κ3) is 5.90. The highest BCUT2D eigenvalue weighted by Gasteiger charge is 2.08. The molecule has 0 amide bonds. The first kappa shape index (κ1) is 21.5. The number of aliphatic imine (C=N–C) groups is 1. The number of methoxy groups -OCH3 is 1. The first-order valence-corrected chi connectivity index (χ1v) is 9.84. The lowest BCUT2D eigenvalue weighted by Gasteiger charge is -2.12. The number of nitrogens with one attached hydrogen (secondary N) is 1. The number of anilines is 2. The summed E-state index contributed by atoms with van der Waals surface area (Å²) in [7, 11) is 1.63. The van der Waals surface area contributed by atoms with Gasteiger partial charge in [0, 0.05) is 24.2 Å². The van der Waals surface area contributed by atoms with Crippen LogP contribution in [0.5, 0.6) is 11.5 Å². The zero-order chi connectivity index (χ0) is 21.9. The summed E-state index contributed by atoms with van der Waals surface area (Å²) in [5.74, 6) is 2.56. The molecule has 31 heavy (non-hydrogen) atoms. The number of pyridine rings is 2. The Balaban J connectivity index is 1.76. The lowest BCUT2D eigenvalue weighted by molar-refractivity contribution is 0.293. The Morgan fingerprint density at radius 1 is 1.16 bits per heavy atom. The van der Waals surface area contributed by atoms with Crippen molar-refractivity contribution in [2.75, 3.05) is 19.0 Å². The van der Waals surface area contributed by atoms with Crippen molar-refractivity contribution in [3.05, 3.63) is 72.1 Å². The van der Waals surface area contributed by atoms with Crippen molar-refractivity contribution >= 4 is 29.6 Å². The Morgan fingerprint density at radius 2 is 2.06 bits per heavy atom. The van der Waals surface area contributed by atoms with E-state index in [-0.39, 0.29) is 0 Å². The van der Waals surface area contributed by atoms with Crippen molar-refractivity contribution in [1.82, 2.24) is 9.97 Å². The van der Waals surface area contributed by atoms with Gasteiger partial charge >= 0.3 is 0 Å². The van der Waals surface area contributed by atoms with Gasteiger partial charge in [-0.25, -0.2) is 9.97 Å². The van der Waals surface area contributed by atoms with E-state index >= 15 is 0 Å². The van der Waals surface area contributed by atoms with Crippen LogP contribution in [0.2, 0.25) is 0 Å². The molecule has 3 aromatic rings. The Bertz CT molecular complexity index is 1100. The Hall–Kier alpha value is -4.18. The fourth-order valence-corrected chi connectivity index (χ4v) is 2.71. The van der Waals surface area contributed by atoms with Gasteiger partial charge in [-0.3, -0.25) is 4.99 Å². The first-order chi connectivity index (χ1) is 15.2. The SMILES string of the molecule is CCCOc1c(/C=C/C=Nc2cccnc2Nc2ccc(C#N)cn2)cccc1OC. The van der Waals surface area contributed by atoms with Gasteiger partial charge in [0.25, 0.3) is 0 Å². The molecule has 0 radical (unpaired) electrons. The largest absolute Gasteiger partial charge is 0.493 e. The van der Waals surface area contributed by atoms with Crippen LogP contribution in [0.4, 0.5) is 17.3 Å². The second kappa shape index (κ2) is 11.1. The standard InChI is InChI=1S/C24H23N5O2/c1-3-15-31-23-19(7-4-10-21(23)30-2)8-5-13-26-20-9-6-14-27-24(20)29-22-12-11-18(16-25)17-28-22/h4-14,17H,3,15H2,1-2H3,(H,27,28,29)/b8-5+,26-13?. The molecule has 0 aliphatic rings. The molecule has 7 heteroatoms. The number of benzene rings is 1. The number of rotatable bonds is 9. The summed E-state index contributed by atoms with van der Waals surface area (Å²) in [6.07, 6.45) is 9.54. The molecule has 0 atom stereocenters. The minimum absolute atomic E-state index is 0.495. The summed E-state index contributed by atoms with van der Waals surface area (Å²) in [5, 5.41) is 12.0. The topological polar surface area (TPSA) is 92.4 Å². The third-order valence-electron chi connectivity index (χ3n) is 4.18. The Labute approximate surface area is 181 Å². The molecule has 0 fully saturated rings. The normalized spacial score (nSPS) is 10.9. The van der Waals surface area contributed by atoms with Crippen LogP contribution in [0.25, 0.3) is 6.08 Å². The maximum Gasteiger partial charge on any atom is 0.168 e. The fourth-order valence-electron chi connectivity index (χ4n) is 2.71. The van der Waals surface area contributed by atoms with Crippen molar-refractivity contribution < 1.29 is 9.47 Å². The minimum Gasteiger partial charge on any atom is -0.493 e. The smallest absolute Gasteiger partial charge is 0.168 e. The third-order valence-corrected chi connectivity index (χ3v) is 4.18. The molecule has 0 saturated heterocycles. The van der Waals surface area contributed by atoms with E-state index in [9.17, 15) is 0 Å². The summed E-state index contributed by atoms with van der Waals surface area (Å²) in [4.78, 5) is 13.0. The molecule has 0 unspecified atom stereocenters. The monoisotopic (exact) mass is 413 g/mol. The van der Waals surface area contributed by atoms with E-state index in [4.69, 9.17) is 14.7 Å². The summed E-state index contributed by atoms with van der Waals surface area (Å²) < 4.78 is 11.3. The van der Waals surface area contributed by atoms with Gasteiger partial charge in [-0.15, -0.1) is 0 Å². The van der Waals surface area contributed by atoms with Crippen molar-refractivity contribution in [2.24, 2.45) is 4.99 Å². The van der Waals surface area contributed by atoms with Crippen LogP contribution in [-0.2, 0) is 0 Å². The second-order valence-electron chi connectivity index (χ2n) is 6.40. The Morgan fingerprint density at radius 3 is 2.81 bits per heavy atom. The van der Waals surface area contributed by atoms with Gasteiger partial charge in [0.05, 0.1) is 19.3 Å². The molecule has 2 aromatic heterocycles. The van der Waals surface area contributed by atoms with Gasteiger partial charge < -0.3 is 14.8 Å². The van der Waals surface area contributed by atoms with Crippen LogP contribution >= 0.6 is 0 Å². The second-order valence-corrected chi connectivity index (χ2v) is 6.40. The highest BCUT2D eigenvalue weighted by atomic mass is 16.5. The number of ether oxygens (including phenoxy) is 2. The van der Waals surface area contributed by atoms with E-state index in [1.165, 1.54) is 6.20 Å². The number of hydrogen-bond donors (Lipinski definition) is 1. The molecule has 3 rings (SSSR count). The molecule has 7 nitrogen and oxygen atoms in total. The summed E-state index contributed by atoms with van der Waals surface area (Å²) >= 11 is 0. The van der Waals surface area contributed by atoms with Gasteiger partial charge in [0.2, 0.25) is 0 Å². The molecule has 0 aliphatic carbocycles. The van der Waals surface area contributed by atoms with E-state index in [0.29, 0.717) is 41.0 Å². The van der Waals surface area contributed by atoms with Crippen LogP contribution < -0.4 is 14.8 Å². The lowest BCUT2D eigenvalue weighted by atomic mass is 10.1. The van der Waals surface area contributed by atoms with Crippen molar-refractivity contribution in [1.29, 1.82) is 5.26 Å². The van der Waals surface area contributed by atoms with E-state index in [1.807, 2.05) is 48.6 Å². The number of aromatic nitrogens is 2. The average molecular weight is 413 g/mol. The highest BCUT2D eigenvalue weighted by molar-refractivity contribution is 5.83. The van der Waals surface area contributed by atoms with Gasteiger partial charge in [-0.2, -0.15) is 5.26 Å². The maximum atomic E-state index is 8.89. The summed E-state index contributed by atoms with van der Waals surface area (Å²) in [5.41, 5.74) is 2.06. The molecule has 1 aromatic carbocycles. The van der Waals surface area contributed by atoms with E-state index in [1.54, 1.807) is 31.7 Å². The first-order valence-electron chi connectivity index (χ1n) is 9.84. The number of hydrogen-bond acceptors (Lipinski definition) is 7. The molecular formula is C24H23N5O2. The van der Waals surface area contributed by atoms with Crippen LogP contribution in [-0.4, -0.2) is 29.9 Å². The molecule has 0 bridgehead atoms. The molecule has 0 aliphatic heterocycles. The zero-order valence-electron chi connectivity index (χ0n) is 17.4. The summed E-state index contributed by atoms with van der Waals surface area (Å²) in [6.45, 7) is 2.67. The predicted molar refractivity (Wildman–Crippen MR) is 122 cm³/mol. The number of para-hydroxylation sites is 1. The van der Waals surface area contributed by atoms with E-state index < -0.39 is 0 Å². The van der Waals surface area contributed by atoms with Gasteiger partial charge in [0.15, 0.2) is 17.3 Å². The van der Waals surface area contributed by atoms with Crippen LogP contribution in [0.3, 0.4) is 0 Å². The maximum absolute atomic E-state index is 8.89. The fraction of sp³-hybridized carbons (Fsp3) is 0.167. The van der Waals surface area contributed by atoms with E-state index in [2.05, 4.69) is 27.2 Å². The number of nitriles is 1. The zero-order valence-corrected chi connectivity index (χ0v) is 17.4. The van der Waals surface area contributed by atoms with Crippen molar-refractivity contribution in [2.45, 2.75) is 13.3 Å². The molecule has 156 valence electrons. The van der Waals surface area contributed by atoms with Crippen molar-refractivity contribution in [3.8, 4) is 17.6 Å². The van der Waals surface area contributed by atoms with Gasteiger partial charge in [-0.05, 0) is 48.9 Å². The average Bonchev–Trinajstić information content (AvgIpc) is 2.82. The molecule has 2 heterocycles. The van der Waals surface area contributed by atoms with Gasteiger partial charge in [0.1, 0.15) is 17.6 Å². The molecule has 0 spiro atoms. The van der Waals surface area contributed by atoms with Crippen LogP contribution in [0.1, 0.15) is 24.5 Å². The van der Waals surface area contributed by atoms with Crippen LogP contribution in [0, 0.1) is 11.3 Å². The minimum atomic E-state index is 0.495. The number of nitrogens with zero attached hydrogens (tertiary/aromatic N) is 4. The molecule has 1 N–H and O–H groups in total. The van der Waals surface area contributed by atoms with Crippen LogP contribution in [0.15, 0.2) is 65.9 Å². The predicted octanol–water partition coefficient (Wildman–Crippen LogP) is 5.30. The highest BCUT2D eigenvalue weighted by Crippen LogP contribution is 2.32. The lowest BCUT2D eigenvalue weighted by Crippen LogP contribution is -1.99. The van der Waals surface area contributed by atoms with Gasteiger partial charge in [-0.1, -0.05) is 19.1 Å². The summed E-state index contributed by atoms with van der Waals surface area (Å²) in [6, 6.07) is 14.9. The molecular weight excluding hydrogens is 390 g/mol. The van der Waals surface area contributed by atoms with E-state index in [0.717, 1.165) is 12.0 Å². The number of allylic oxidation sites excluding steroid dienone is 1. The Kier molecular flexibility index (Phi) is 7.72.